The molecule has 0 saturated carbocycles. The quantitative estimate of drug-likeness (QED) is 0.701. The van der Waals surface area contributed by atoms with Crippen LogP contribution in [0.1, 0.15) is 11.5 Å². The fraction of sp³-hybridized carbons (Fsp3) is 0.200. The summed E-state index contributed by atoms with van der Waals surface area (Å²) in [5.41, 5.74) is 3.39. The maximum absolute atomic E-state index is 4.57. The Bertz CT molecular complexity index is 656. The first-order valence-electron chi connectivity index (χ1n) is 6.16. The van der Waals surface area contributed by atoms with Crippen LogP contribution < -0.4 is 0 Å². The summed E-state index contributed by atoms with van der Waals surface area (Å²) in [7, 11) is 0. The number of fused-ring (bicyclic) bond motifs is 1. The molecule has 90 valence electrons. The van der Waals surface area contributed by atoms with Crippen LogP contribution in [0.3, 0.4) is 0 Å². The van der Waals surface area contributed by atoms with Gasteiger partial charge in [-0.1, -0.05) is 18.2 Å². The average Bonchev–Trinajstić information content (AvgIpc) is 2.73. The molecular formula is C15H15N3. The van der Waals surface area contributed by atoms with Gasteiger partial charge in [-0.3, -0.25) is 4.98 Å². The van der Waals surface area contributed by atoms with Gasteiger partial charge in [0.2, 0.25) is 0 Å². The SMILES string of the molecule is Cc1nc2ccccc2n1CCc1ccccn1. The van der Waals surface area contributed by atoms with Crippen molar-refractivity contribution in [1.29, 1.82) is 0 Å². The molecule has 0 bridgehead atoms. The van der Waals surface area contributed by atoms with Gasteiger partial charge >= 0.3 is 0 Å². The zero-order valence-corrected chi connectivity index (χ0v) is 10.4. The maximum Gasteiger partial charge on any atom is 0.106 e. The summed E-state index contributed by atoms with van der Waals surface area (Å²) >= 11 is 0. The standard InChI is InChI=1S/C15H15N3/c1-12-17-14-7-2-3-8-15(14)18(12)11-9-13-6-4-5-10-16-13/h2-8,10H,9,11H2,1H3. The van der Waals surface area contributed by atoms with Crippen LogP contribution in [0.25, 0.3) is 11.0 Å². The highest BCUT2D eigenvalue weighted by Crippen LogP contribution is 2.15. The van der Waals surface area contributed by atoms with Crippen LogP contribution in [0.2, 0.25) is 0 Å². The monoisotopic (exact) mass is 237 g/mol. The predicted octanol–water partition coefficient (Wildman–Crippen LogP) is 2.98. The Balaban J connectivity index is 1.89. The molecule has 0 aliphatic rings. The highest BCUT2D eigenvalue weighted by molar-refractivity contribution is 5.75. The molecule has 3 rings (SSSR count). The summed E-state index contributed by atoms with van der Waals surface area (Å²) in [6, 6.07) is 14.3. The van der Waals surface area contributed by atoms with Crippen molar-refractivity contribution in [3.8, 4) is 0 Å². The molecule has 3 aromatic rings. The number of benzene rings is 1. The number of aromatic nitrogens is 3. The minimum Gasteiger partial charge on any atom is -0.328 e. The Kier molecular flexibility index (Phi) is 2.81. The highest BCUT2D eigenvalue weighted by atomic mass is 15.1. The first-order valence-corrected chi connectivity index (χ1v) is 6.16. The van der Waals surface area contributed by atoms with Gasteiger partial charge in [-0.05, 0) is 31.2 Å². The van der Waals surface area contributed by atoms with Gasteiger partial charge in [0.15, 0.2) is 0 Å². The van der Waals surface area contributed by atoms with Crippen molar-refractivity contribution >= 4 is 11.0 Å². The van der Waals surface area contributed by atoms with Crippen molar-refractivity contribution in [3.63, 3.8) is 0 Å². The van der Waals surface area contributed by atoms with Crippen LogP contribution in [0.4, 0.5) is 0 Å². The number of rotatable bonds is 3. The van der Waals surface area contributed by atoms with E-state index < -0.39 is 0 Å². The molecule has 0 radical (unpaired) electrons. The van der Waals surface area contributed by atoms with E-state index in [9.17, 15) is 0 Å². The maximum atomic E-state index is 4.57. The van der Waals surface area contributed by atoms with Crippen molar-refractivity contribution < 1.29 is 0 Å². The van der Waals surface area contributed by atoms with Gasteiger partial charge < -0.3 is 4.57 Å². The molecule has 0 spiro atoms. The van der Waals surface area contributed by atoms with Gasteiger partial charge in [0.1, 0.15) is 5.82 Å². The van der Waals surface area contributed by atoms with E-state index in [0.29, 0.717) is 0 Å². The van der Waals surface area contributed by atoms with Crippen LogP contribution in [-0.2, 0) is 13.0 Å². The largest absolute Gasteiger partial charge is 0.328 e. The van der Waals surface area contributed by atoms with Crippen LogP contribution in [0.15, 0.2) is 48.7 Å². The smallest absolute Gasteiger partial charge is 0.106 e. The second-order valence-corrected chi connectivity index (χ2v) is 4.37. The van der Waals surface area contributed by atoms with Crippen LogP contribution >= 0.6 is 0 Å². The third kappa shape index (κ3) is 1.99. The summed E-state index contributed by atoms with van der Waals surface area (Å²) in [5, 5.41) is 0. The first-order chi connectivity index (χ1) is 8.84. The topological polar surface area (TPSA) is 30.7 Å². The van der Waals surface area contributed by atoms with Crippen LogP contribution in [0.5, 0.6) is 0 Å². The molecule has 2 aromatic heterocycles. The average molecular weight is 237 g/mol. The highest BCUT2D eigenvalue weighted by Gasteiger charge is 2.06. The Morgan fingerprint density at radius 3 is 2.72 bits per heavy atom. The fourth-order valence-corrected chi connectivity index (χ4v) is 2.25. The summed E-state index contributed by atoms with van der Waals surface area (Å²) in [6.45, 7) is 2.97. The van der Waals surface area contributed by atoms with Crippen molar-refractivity contribution in [3.05, 3.63) is 60.2 Å². The van der Waals surface area contributed by atoms with Gasteiger partial charge in [-0.2, -0.15) is 0 Å². The minimum absolute atomic E-state index is 0.920. The van der Waals surface area contributed by atoms with E-state index in [1.165, 1.54) is 5.52 Å². The molecule has 3 heteroatoms. The lowest BCUT2D eigenvalue weighted by molar-refractivity contribution is 0.682. The molecule has 3 nitrogen and oxygen atoms in total. The second kappa shape index (κ2) is 4.61. The zero-order chi connectivity index (χ0) is 12.4. The molecule has 2 heterocycles. The van der Waals surface area contributed by atoms with Crippen LogP contribution in [-0.4, -0.2) is 14.5 Å². The van der Waals surface area contributed by atoms with Gasteiger partial charge in [0.05, 0.1) is 11.0 Å². The van der Waals surface area contributed by atoms with Crippen molar-refractivity contribution in [2.45, 2.75) is 19.9 Å². The van der Waals surface area contributed by atoms with Crippen molar-refractivity contribution in [2.24, 2.45) is 0 Å². The number of aryl methyl sites for hydroxylation is 3. The van der Waals surface area contributed by atoms with Crippen molar-refractivity contribution in [1.82, 2.24) is 14.5 Å². The Hall–Kier alpha value is -2.16. The summed E-state index contributed by atoms with van der Waals surface area (Å²) in [6.07, 6.45) is 2.77. The molecule has 0 N–H and O–H groups in total. The lowest BCUT2D eigenvalue weighted by Gasteiger charge is -2.06. The van der Waals surface area contributed by atoms with Crippen LogP contribution in [0, 0.1) is 6.92 Å². The van der Waals surface area contributed by atoms with E-state index in [0.717, 1.165) is 30.0 Å². The molecule has 0 aliphatic heterocycles. The van der Waals surface area contributed by atoms with E-state index in [4.69, 9.17) is 0 Å². The predicted molar refractivity (Wildman–Crippen MR) is 72.4 cm³/mol. The molecule has 0 unspecified atom stereocenters. The molecule has 0 atom stereocenters. The minimum atomic E-state index is 0.920. The molecule has 0 fully saturated rings. The van der Waals surface area contributed by atoms with E-state index in [-0.39, 0.29) is 0 Å². The summed E-state index contributed by atoms with van der Waals surface area (Å²) in [4.78, 5) is 8.92. The second-order valence-electron chi connectivity index (χ2n) is 4.37. The summed E-state index contributed by atoms with van der Waals surface area (Å²) < 4.78 is 2.25. The van der Waals surface area contributed by atoms with E-state index in [2.05, 4.69) is 45.7 Å². The number of hydrogen-bond acceptors (Lipinski definition) is 2. The Morgan fingerprint density at radius 2 is 1.89 bits per heavy atom. The third-order valence-electron chi connectivity index (χ3n) is 3.16. The summed E-state index contributed by atoms with van der Waals surface area (Å²) in [5.74, 6) is 1.06. The Morgan fingerprint density at radius 1 is 1.06 bits per heavy atom. The zero-order valence-electron chi connectivity index (χ0n) is 10.4. The first kappa shape index (κ1) is 11.0. The molecular weight excluding hydrogens is 222 g/mol. The molecule has 18 heavy (non-hydrogen) atoms. The van der Waals surface area contributed by atoms with Gasteiger partial charge in [0, 0.05) is 24.9 Å². The van der Waals surface area contributed by atoms with E-state index >= 15 is 0 Å². The third-order valence-corrected chi connectivity index (χ3v) is 3.16. The fourth-order valence-electron chi connectivity index (χ4n) is 2.25. The number of nitrogens with zero attached hydrogens (tertiary/aromatic N) is 3. The number of pyridine rings is 1. The van der Waals surface area contributed by atoms with E-state index in [1.807, 2.05) is 24.4 Å². The molecule has 1 aromatic carbocycles. The number of hydrogen-bond donors (Lipinski definition) is 0. The lowest BCUT2D eigenvalue weighted by Crippen LogP contribution is -2.04. The van der Waals surface area contributed by atoms with Gasteiger partial charge in [0.25, 0.3) is 0 Å². The van der Waals surface area contributed by atoms with E-state index in [1.54, 1.807) is 0 Å². The van der Waals surface area contributed by atoms with Crippen molar-refractivity contribution in [2.75, 3.05) is 0 Å². The normalized spacial score (nSPS) is 10.9. The Labute approximate surface area is 106 Å². The lowest BCUT2D eigenvalue weighted by atomic mass is 10.2. The number of para-hydroxylation sites is 2. The molecule has 0 saturated heterocycles. The molecule has 0 amide bonds. The molecule has 0 aliphatic carbocycles. The van der Waals surface area contributed by atoms with Gasteiger partial charge in [-0.25, -0.2) is 4.98 Å². The van der Waals surface area contributed by atoms with Gasteiger partial charge in [-0.15, -0.1) is 0 Å². The number of imidazole rings is 1.